The predicted molar refractivity (Wildman–Crippen MR) is 69.0 cm³/mol. The molecular weight excluding hydrogens is 233 g/mol. The number of aliphatic hydroxyl groups is 1. The van der Waals surface area contributed by atoms with Gasteiger partial charge in [0.1, 0.15) is 5.75 Å². The van der Waals surface area contributed by atoms with Crippen molar-refractivity contribution in [1.29, 1.82) is 0 Å². The van der Waals surface area contributed by atoms with E-state index < -0.39 is 7.12 Å². The normalized spacial score (nSPS) is 17.9. The topological polar surface area (TPSA) is 71.0 Å². The molecule has 1 aromatic carbocycles. The van der Waals surface area contributed by atoms with Crippen LogP contribution in [0, 0.1) is 0 Å². The summed E-state index contributed by atoms with van der Waals surface area (Å²) < 4.78 is 11.0. The number of benzene rings is 1. The number of rotatable bonds is 6. The van der Waals surface area contributed by atoms with Crippen molar-refractivity contribution in [2.24, 2.45) is 0 Å². The maximum Gasteiger partial charge on any atom is 0.495 e. The van der Waals surface area contributed by atoms with E-state index in [0.29, 0.717) is 30.8 Å². The lowest BCUT2D eigenvalue weighted by molar-refractivity contribution is 0.190. The number of aliphatic hydroxyl groups excluding tert-OH is 1. The van der Waals surface area contributed by atoms with Crippen molar-refractivity contribution < 1.29 is 19.5 Å². The van der Waals surface area contributed by atoms with E-state index in [0.717, 1.165) is 5.56 Å². The Balaban J connectivity index is 2.18. The van der Waals surface area contributed by atoms with Gasteiger partial charge in [-0.15, -0.1) is 0 Å². The predicted octanol–water partition coefficient (Wildman–Crippen LogP) is -0.574. The molecule has 0 unspecified atom stereocenters. The average molecular weight is 251 g/mol. The van der Waals surface area contributed by atoms with Gasteiger partial charge in [-0.2, -0.15) is 0 Å². The molecule has 0 fully saturated rings. The van der Waals surface area contributed by atoms with Gasteiger partial charge in [0.25, 0.3) is 0 Å². The SMILES string of the molecule is CNC[C@H]1OB(O)c2c(OCCCO)cccc21. The highest BCUT2D eigenvalue weighted by atomic mass is 16.5. The number of ether oxygens (including phenoxy) is 1. The third-order valence-electron chi connectivity index (χ3n) is 2.94. The number of fused-ring (bicyclic) bond motifs is 1. The van der Waals surface area contributed by atoms with Gasteiger partial charge in [0.15, 0.2) is 0 Å². The van der Waals surface area contributed by atoms with Crippen LogP contribution in [0.25, 0.3) is 0 Å². The summed E-state index contributed by atoms with van der Waals surface area (Å²) in [4.78, 5) is 0. The molecule has 1 heterocycles. The number of likely N-dealkylation sites (N-methyl/N-ethyl adjacent to an activating group) is 1. The first-order chi connectivity index (χ1) is 8.77. The molecule has 0 amide bonds. The zero-order chi connectivity index (χ0) is 13.0. The molecule has 98 valence electrons. The average Bonchev–Trinajstić information content (AvgIpc) is 2.68. The van der Waals surface area contributed by atoms with E-state index in [1.54, 1.807) is 0 Å². The van der Waals surface area contributed by atoms with Crippen molar-refractivity contribution in [3.63, 3.8) is 0 Å². The maximum absolute atomic E-state index is 9.94. The highest BCUT2D eigenvalue weighted by molar-refractivity contribution is 6.62. The summed E-state index contributed by atoms with van der Waals surface area (Å²) in [6.07, 6.45) is 0.419. The lowest BCUT2D eigenvalue weighted by Gasteiger charge is -2.12. The second-order valence-corrected chi connectivity index (χ2v) is 4.22. The van der Waals surface area contributed by atoms with Gasteiger partial charge in [-0.3, -0.25) is 0 Å². The highest BCUT2D eigenvalue weighted by Gasteiger charge is 2.37. The van der Waals surface area contributed by atoms with Crippen LogP contribution in [0.1, 0.15) is 18.1 Å². The van der Waals surface area contributed by atoms with Crippen LogP contribution in [0.4, 0.5) is 0 Å². The van der Waals surface area contributed by atoms with Gasteiger partial charge in [-0.25, -0.2) is 0 Å². The van der Waals surface area contributed by atoms with Crippen LogP contribution in [-0.2, 0) is 4.65 Å². The molecule has 1 aliphatic heterocycles. The summed E-state index contributed by atoms with van der Waals surface area (Å²) >= 11 is 0. The Hall–Kier alpha value is -1.08. The first kappa shape index (κ1) is 13.4. The smallest absolute Gasteiger partial charge is 0.494 e. The molecule has 0 saturated carbocycles. The molecule has 0 aromatic heterocycles. The van der Waals surface area contributed by atoms with Gasteiger partial charge in [0.05, 0.1) is 12.7 Å². The molecule has 6 heteroatoms. The molecular formula is C12H18BNO4. The van der Waals surface area contributed by atoms with E-state index >= 15 is 0 Å². The Morgan fingerprint density at radius 3 is 3.06 bits per heavy atom. The largest absolute Gasteiger partial charge is 0.495 e. The van der Waals surface area contributed by atoms with Crippen LogP contribution in [0.15, 0.2) is 18.2 Å². The summed E-state index contributed by atoms with van der Waals surface area (Å²) in [6.45, 7) is 1.16. The van der Waals surface area contributed by atoms with E-state index in [1.807, 2.05) is 25.2 Å². The zero-order valence-corrected chi connectivity index (χ0v) is 10.4. The van der Waals surface area contributed by atoms with Crippen molar-refractivity contribution in [3.8, 4) is 5.75 Å². The first-order valence-corrected chi connectivity index (χ1v) is 6.12. The Kier molecular flexibility index (Phi) is 4.60. The van der Waals surface area contributed by atoms with E-state index in [9.17, 15) is 5.02 Å². The van der Waals surface area contributed by atoms with Crippen LogP contribution in [0.2, 0.25) is 0 Å². The minimum absolute atomic E-state index is 0.0937. The fraction of sp³-hybridized carbons (Fsp3) is 0.500. The van der Waals surface area contributed by atoms with Crippen LogP contribution in [0.3, 0.4) is 0 Å². The standard InChI is InChI=1S/C12H18BNO4/c1-14-8-11-9-4-2-5-10(17-7-3-6-15)12(9)13(16)18-11/h2,4-5,11,14-16H,3,6-8H2,1H3/t11-/m1/s1. The summed E-state index contributed by atoms with van der Waals surface area (Å²) in [5, 5.41) is 21.7. The lowest BCUT2D eigenvalue weighted by atomic mass is 9.78. The Morgan fingerprint density at radius 2 is 2.33 bits per heavy atom. The van der Waals surface area contributed by atoms with Crippen LogP contribution < -0.4 is 15.5 Å². The quantitative estimate of drug-likeness (QED) is 0.466. The van der Waals surface area contributed by atoms with Crippen LogP contribution >= 0.6 is 0 Å². The van der Waals surface area contributed by atoms with E-state index in [1.165, 1.54) is 0 Å². The summed E-state index contributed by atoms with van der Waals surface area (Å²) in [6, 6.07) is 5.63. The summed E-state index contributed by atoms with van der Waals surface area (Å²) in [5.41, 5.74) is 1.66. The second kappa shape index (κ2) is 6.20. The molecule has 0 bridgehead atoms. The van der Waals surface area contributed by atoms with E-state index in [2.05, 4.69) is 5.32 Å². The molecule has 2 rings (SSSR count). The van der Waals surface area contributed by atoms with Crippen molar-refractivity contribution in [2.45, 2.75) is 12.5 Å². The molecule has 0 radical (unpaired) electrons. The van der Waals surface area contributed by atoms with Gasteiger partial charge >= 0.3 is 7.12 Å². The fourth-order valence-corrected chi connectivity index (χ4v) is 2.12. The molecule has 0 spiro atoms. The fourth-order valence-electron chi connectivity index (χ4n) is 2.12. The second-order valence-electron chi connectivity index (χ2n) is 4.22. The molecule has 0 saturated heterocycles. The van der Waals surface area contributed by atoms with Gasteiger partial charge in [0.2, 0.25) is 0 Å². The molecule has 1 aliphatic rings. The molecule has 1 aromatic rings. The summed E-state index contributed by atoms with van der Waals surface area (Å²) in [5.74, 6) is 0.632. The highest BCUT2D eigenvalue weighted by Crippen LogP contribution is 2.27. The van der Waals surface area contributed by atoms with Crippen molar-refractivity contribution in [2.75, 3.05) is 26.8 Å². The van der Waals surface area contributed by atoms with Gasteiger partial charge in [-0.1, -0.05) is 12.1 Å². The third kappa shape index (κ3) is 2.67. The monoisotopic (exact) mass is 251 g/mol. The number of nitrogens with one attached hydrogen (secondary N) is 1. The molecule has 5 nitrogen and oxygen atoms in total. The Morgan fingerprint density at radius 1 is 1.50 bits per heavy atom. The van der Waals surface area contributed by atoms with Gasteiger partial charge < -0.3 is 24.8 Å². The van der Waals surface area contributed by atoms with E-state index in [4.69, 9.17) is 14.5 Å². The molecule has 3 N–H and O–H groups in total. The van der Waals surface area contributed by atoms with Crippen LogP contribution in [0.5, 0.6) is 5.75 Å². The molecule has 18 heavy (non-hydrogen) atoms. The molecule has 1 atom stereocenters. The Labute approximate surface area is 107 Å². The van der Waals surface area contributed by atoms with E-state index in [-0.39, 0.29) is 12.7 Å². The first-order valence-electron chi connectivity index (χ1n) is 6.12. The zero-order valence-electron chi connectivity index (χ0n) is 10.4. The van der Waals surface area contributed by atoms with Crippen molar-refractivity contribution in [3.05, 3.63) is 23.8 Å². The van der Waals surface area contributed by atoms with Crippen molar-refractivity contribution in [1.82, 2.24) is 5.32 Å². The van der Waals surface area contributed by atoms with Gasteiger partial charge in [0, 0.05) is 25.0 Å². The minimum Gasteiger partial charge on any atom is -0.494 e. The lowest BCUT2D eigenvalue weighted by Crippen LogP contribution is -2.30. The van der Waals surface area contributed by atoms with Crippen LogP contribution in [-0.4, -0.2) is 44.1 Å². The number of hydrogen-bond donors (Lipinski definition) is 3. The molecule has 0 aliphatic carbocycles. The number of hydrogen-bond acceptors (Lipinski definition) is 5. The van der Waals surface area contributed by atoms with Gasteiger partial charge in [-0.05, 0) is 18.7 Å². The van der Waals surface area contributed by atoms with Crippen molar-refractivity contribution >= 4 is 12.6 Å². The maximum atomic E-state index is 9.94. The Bertz CT molecular complexity index is 402. The third-order valence-corrected chi connectivity index (χ3v) is 2.94. The minimum atomic E-state index is -0.941. The summed E-state index contributed by atoms with van der Waals surface area (Å²) in [7, 11) is 0.902.